The zero-order chi connectivity index (χ0) is 11.8. The molecular formula is C13H15NO2. The number of nitrogens with zero attached hydrogens (tertiary/aromatic N) is 1. The van der Waals surface area contributed by atoms with Gasteiger partial charge < -0.3 is 9.47 Å². The summed E-state index contributed by atoms with van der Waals surface area (Å²) in [5.74, 6) is 0.766. The monoisotopic (exact) mass is 217 g/mol. The fraction of sp³-hybridized carbons (Fsp3) is 0.462. The van der Waals surface area contributed by atoms with E-state index in [2.05, 4.69) is 6.07 Å². The van der Waals surface area contributed by atoms with Crippen LogP contribution in [0.25, 0.3) is 0 Å². The van der Waals surface area contributed by atoms with Gasteiger partial charge in [-0.05, 0) is 32.9 Å². The average molecular weight is 217 g/mol. The van der Waals surface area contributed by atoms with Gasteiger partial charge in [0, 0.05) is 12.2 Å². The lowest BCUT2D eigenvalue weighted by Gasteiger charge is -2.25. The number of hydrogen-bond acceptors (Lipinski definition) is 3. The van der Waals surface area contributed by atoms with E-state index in [0.29, 0.717) is 12.2 Å². The van der Waals surface area contributed by atoms with Crippen molar-refractivity contribution in [1.29, 1.82) is 5.26 Å². The van der Waals surface area contributed by atoms with Gasteiger partial charge in [0.2, 0.25) is 6.29 Å². The molecule has 84 valence electrons. The van der Waals surface area contributed by atoms with Crippen LogP contribution in [0, 0.1) is 11.3 Å². The smallest absolute Gasteiger partial charge is 0.209 e. The summed E-state index contributed by atoms with van der Waals surface area (Å²) >= 11 is 0. The third-order valence-electron chi connectivity index (χ3n) is 2.93. The first kappa shape index (κ1) is 11.0. The predicted octanol–water partition coefficient (Wildman–Crippen LogP) is 2.59. The quantitative estimate of drug-likeness (QED) is 0.764. The summed E-state index contributed by atoms with van der Waals surface area (Å²) in [5.41, 5.74) is 1.35. The summed E-state index contributed by atoms with van der Waals surface area (Å²) in [5, 5.41) is 9.10. The molecule has 3 nitrogen and oxygen atoms in total. The summed E-state index contributed by atoms with van der Waals surface area (Å²) < 4.78 is 11.3. The molecule has 3 heteroatoms. The maximum absolute atomic E-state index is 9.10. The third kappa shape index (κ3) is 1.46. The first-order valence-electron chi connectivity index (χ1n) is 5.43. The van der Waals surface area contributed by atoms with Crippen LogP contribution >= 0.6 is 0 Å². The molecule has 0 fully saturated rings. The van der Waals surface area contributed by atoms with Gasteiger partial charge in [-0.3, -0.25) is 0 Å². The molecule has 1 atom stereocenters. The van der Waals surface area contributed by atoms with Gasteiger partial charge in [0.1, 0.15) is 5.75 Å². The molecule has 0 saturated carbocycles. The normalized spacial score (nSPS) is 21.0. The van der Waals surface area contributed by atoms with E-state index in [4.69, 9.17) is 14.7 Å². The Morgan fingerprint density at radius 1 is 1.50 bits per heavy atom. The summed E-state index contributed by atoms with van der Waals surface area (Å²) in [6, 6.07) is 7.75. The lowest BCUT2D eigenvalue weighted by atomic mass is 9.82. The van der Waals surface area contributed by atoms with E-state index >= 15 is 0 Å². The molecule has 1 aliphatic rings. The molecule has 0 saturated heterocycles. The standard InChI is InChI=1S/C13H15NO2/c1-4-15-12-13(2,3)11-9(8-14)6-5-7-10(11)16-12/h5-7,12H,4H2,1-3H3/t12-/m0/s1. The number of ether oxygens (including phenoxy) is 2. The number of nitriles is 1. The molecule has 1 aliphatic heterocycles. The summed E-state index contributed by atoms with van der Waals surface area (Å²) in [6.07, 6.45) is -0.304. The highest BCUT2D eigenvalue weighted by Crippen LogP contribution is 2.44. The molecule has 1 aromatic rings. The zero-order valence-corrected chi connectivity index (χ0v) is 9.78. The Morgan fingerprint density at radius 3 is 2.88 bits per heavy atom. The van der Waals surface area contributed by atoms with Crippen LogP contribution in [0.1, 0.15) is 31.9 Å². The number of hydrogen-bond donors (Lipinski definition) is 0. The van der Waals surface area contributed by atoms with Gasteiger partial charge in [0.15, 0.2) is 0 Å². The van der Waals surface area contributed by atoms with Crippen LogP contribution in [0.15, 0.2) is 18.2 Å². The van der Waals surface area contributed by atoms with Gasteiger partial charge in [-0.25, -0.2) is 0 Å². The Bertz CT molecular complexity index is 446. The Kier molecular flexibility index (Phi) is 2.61. The minimum Gasteiger partial charge on any atom is -0.464 e. The lowest BCUT2D eigenvalue weighted by Crippen LogP contribution is -2.35. The van der Waals surface area contributed by atoms with E-state index in [1.54, 1.807) is 0 Å². The van der Waals surface area contributed by atoms with Crippen molar-refractivity contribution in [2.24, 2.45) is 0 Å². The van der Waals surface area contributed by atoms with Crippen molar-refractivity contribution in [3.8, 4) is 11.8 Å². The molecule has 0 radical (unpaired) electrons. The number of fused-ring (bicyclic) bond motifs is 1. The van der Waals surface area contributed by atoms with Crippen LogP contribution in [0.4, 0.5) is 0 Å². The van der Waals surface area contributed by atoms with Crippen LogP contribution in [0.3, 0.4) is 0 Å². The highest BCUT2D eigenvalue weighted by atomic mass is 16.7. The molecule has 0 aliphatic carbocycles. The third-order valence-corrected chi connectivity index (χ3v) is 2.93. The predicted molar refractivity (Wildman–Crippen MR) is 60.2 cm³/mol. The second-order valence-electron chi connectivity index (χ2n) is 4.42. The molecule has 0 spiro atoms. The largest absolute Gasteiger partial charge is 0.464 e. The maximum atomic E-state index is 9.10. The fourth-order valence-corrected chi connectivity index (χ4v) is 2.16. The molecule has 0 bridgehead atoms. The Hall–Kier alpha value is -1.53. The Balaban J connectivity index is 2.50. The molecule has 0 aromatic heterocycles. The lowest BCUT2D eigenvalue weighted by molar-refractivity contribution is -0.0982. The average Bonchev–Trinajstić information content (AvgIpc) is 2.52. The Morgan fingerprint density at radius 2 is 2.25 bits per heavy atom. The molecule has 2 rings (SSSR count). The molecular weight excluding hydrogens is 202 g/mol. The second-order valence-corrected chi connectivity index (χ2v) is 4.42. The molecule has 1 heterocycles. The van der Waals surface area contributed by atoms with Crippen LogP contribution in [0.5, 0.6) is 5.75 Å². The summed E-state index contributed by atoms with van der Waals surface area (Å²) in [6.45, 7) is 6.62. The first-order chi connectivity index (χ1) is 7.61. The van der Waals surface area contributed by atoms with E-state index in [1.165, 1.54) is 0 Å². The SMILES string of the molecule is CCO[C@H]1Oc2cccc(C#N)c2C1(C)C. The van der Waals surface area contributed by atoms with Crippen molar-refractivity contribution < 1.29 is 9.47 Å². The summed E-state index contributed by atoms with van der Waals surface area (Å²) in [7, 11) is 0. The molecule has 1 aromatic carbocycles. The minimum atomic E-state index is -0.304. The minimum absolute atomic E-state index is 0.280. The van der Waals surface area contributed by atoms with Crippen molar-refractivity contribution in [3.05, 3.63) is 29.3 Å². The molecule has 0 amide bonds. The fourth-order valence-electron chi connectivity index (χ4n) is 2.16. The van der Waals surface area contributed by atoms with E-state index in [-0.39, 0.29) is 11.7 Å². The first-order valence-corrected chi connectivity index (χ1v) is 5.43. The molecule has 0 unspecified atom stereocenters. The van der Waals surface area contributed by atoms with Gasteiger partial charge in [-0.1, -0.05) is 6.07 Å². The zero-order valence-electron chi connectivity index (χ0n) is 9.78. The second kappa shape index (κ2) is 3.80. The van der Waals surface area contributed by atoms with E-state index in [0.717, 1.165) is 11.3 Å². The van der Waals surface area contributed by atoms with Crippen LogP contribution in [-0.2, 0) is 10.2 Å². The van der Waals surface area contributed by atoms with Crippen molar-refractivity contribution >= 4 is 0 Å². The van der Waals surface area contributed by atoms with Gasteiger partial charge in [-0.2, -0.15) is 5.26 Å². The van der Waals surface area contributed by atoms with Crippen LogP contribution < -0.4 is 4.74 Å². The van der Waals surface area contributed by atoms with Crippen LogP contribution in [-0.4, -0.2) is 12.9 Å². The Labute approximate surface area is 95.6 Å². The van der Waals surface area contributed by atoms with Gasteiger partial charge in [0.05, 0.1) is 17.0 Å². The number of rotatable bonds is 2. The van der Waals surface area contributed by atoms with E-state index in [9.17, 15) is 0 Å². The van der Waals surface area contributed by atoms with Gasteiger partial charge in [0.25, 0.3) is 0 Å². The highest BCUT2D eigenvalue weighted by molar-refractivity contribution is 5.53. The molecule has 16 heavy (non-hydrogen) atoms. The van der Waals surface area contributed by atoms with Crippen molar-refractivity contribution in [3.63, 3.8) is 0 Å². The highest BCUT2D eigenvalue weighted by Gasteiger charge is 2.44. The topological polar surface area (TPSA) is 42.2 Å². The van der Waals surface area contributed by atoms with Gasteiger partial charge in [-0.15, -0.1) is 0 Å². The van der Waals surface area contributed by atoms with Crippen molar-refractivity contribution in [2.45, 2.75) is 32.5 Å². The maximum Gasteiger partial charge on any atom is 0.209 e. The summed E-state index contributed by atoms with van der Waals surface area (Å²) in [4.78, 5) is 0. The van der Waals surface area contributed by atoms with Crippen molar-refractivity contribution in [1.82, 2.24) is 0 Å². The van der Waals surface area contributed by atoms with E-state index in [1.807, 2.05) is 39.0 Å². The number of benzene rings is 1. The molecule has 0 N–H and O–H groups in total. The van der Waals surface area contributed by atoms with Crippen LogP contribution in [0.2, 0.25) is 0 Å². The van der Waals surface area contributed by atoms with Gasteiger partial charge >= 0.3 is 0 Å². The van der Waals surface area contributed by atoms with E-state index < -0.39 is 0 Å². The van der Waals surface area contributed by atoms with Crippen molar-refractivity contribution in [2.75, 3.05) is 6.61 Å².